The lowest BCUT2D eigenvalue weighted by molar-refractivity contribution is 0.111. The number of hydrogen-bond acceptors (Lipinski definition) is 9. The summed E-state index contributed by atoms with van der Waals surface area (Å²) in [6, 6.07) is 13.5. The smallest absolute Gasteiger partial charge is 0.193 e. The molecule has 2 heterocycles. The third kappa shape index (κ3) is 8.92. The van der Waals surface area contributed by atoms with Gasteiger partial charge in [0.1, 0.15) is 5.75 Å². The van der Waals surface area contributed by atoms with E-state index in [0.717, 1.165) is 35.2 Å². The van der Waals surface area contributed by atoms with Crippen LogP contribution in [0.4, 0.5) is 5.69 Å². The fourth-order valence-electron chi connectivity index (χ4n) is 4.04. The predicted molar refractivity (Wildman–Crippen MR) is 152 cm³/mol. The van der Waals surface area contributed by atoms with Crippen LogP contribution in [-0.4, -0.2) is 75.2 Å². The maximum atomic E-state index is 10.9. The molecule has 0 radical (unpaired) electrons. The van der Waals surface area contributed by atoms with E-state index in [1.54, 1.807) is 26.5 Å². The lowest BCUT2D eigenvalue weighted by Gasteiger charge is -2.25. The first-order valence-corrected chi connectivity index (χ1v) is 12.6. The van der Waals surface area contributed by atoms with Crippen molar-refractivity contribution in [2.24, 2.45) is 5.73 Å². The zero-order valence-electron chi connectivity index (χ0n) is 22.6. The molecule has 0 saturated carbocycles. The number of carbonyl (C=O) groups excluding carboxylic acids is 1. The summed E-state index contributed by atoms with van der Waals surface area (Å²) >= 11 is 0. The van der Waals surface area contributed by atoms with Crippen LogP contribution in [0, 0.1) is 11.3 Å². The molecule has 38 heavy (non-hydrogen) atoms. The van der Waals surface area contributed by atoms with Crippen LogP contribution in [0.25, 0.3) is 22.0 Å². The van der Waals surface area contributed by atoms with Gasteiger partial charge in [-0.2, -0.15) is 5.26 Å². The molecule has 0 bridgehead atoms. The summed E-state index contributed by atoms with van der Waals surface area (Å²) in [5, 5.41) is 14.1. The zero-order valence-corrected chi connectivity index (χ0v) is 22.6. The molecule has 9 nitrogen and oxygen atoms in total. The monoisotopic (exact) mass is 518 g/mol. The molecule has 1 aromatic heterocycles. The van der Waals surface area contributed by atoms with Crippen molar-refractivity contribution in [2.45, 2.75) is 19.3 Å². The van der Waals surface area contributed by atoms with Crippen LogP contribution < -0.4 is 15.8 Å². The summed E-state index contributed by atoms with van der Waals surface area (Å²) < 4.78 is 10.5. The number of rotatable bonds is 9. The summed E-state index contributed by atoms with van der Waals surface area (Å²) in [6.45, 7) is 8.58. The number of nitriles is 1. The highest BCUT2D eigenvalue weighted by Gasteiger charge is 2.11. The van der Waals surface area contributed by atoms with Crippen LogP contribution in [0.5, 0.6) is 5.75 Å². The van der Waals surface area contributed by atoms with Gasteiger partial charge in [-0.15, -0.1) is 0 Å². The minimum atomic E-state index is 0.136. The van der Waals surface area contributed by atoms with Gasteiger partial charge in [0.05, 0.1) is 31.2 Å². The van der Waals surface area contributed by atoms with Crippen LogP contribution in [0.3, 0.4) is 0 Å². The molecule has 2 aromatic carbocycles. The van der Waals surface area contributed by atoms with Gasteiger partial charge >= 0.3 is 0 Å². The van der Waals surface area contributed by atoms with E-state index in [2.05, 4.69) is 32.5 Å². The third-order valence-corrected chi connectivity index (χ3v) is 5.98. The summed E-state index contributed by atoms with van der Waals surface area (Å²) in [6.07, 6.45) is 6.35. The molecule has 3 aromatic rings. The number of carbonyl (C=O) groups is 1. The number of nitrogens with two attached hydrogens (primary N) is 1. The maximum absolute atomic E-state index is 10.9. The van der Waals surface area contributed by atoms with E-state index in [4.69, 9.17) is 14.7 Å². The maximum Gasteiger partial charge on any atom is 0.193 e. The number of aromatic nitrogens is 2. The van der Waals surface area contributed by atoms with Crippen molar-refractivity contribution in [1.29, 1.82) is 5.26 Å². The van der Waals surface area contributed by atoms with E-state index in [1.807, 2.05) is 36.4 Å². The summed E-state index contributed by atoms with van der Waals surface area (Å²) in [4.78, 5) is 21.5. The highest BCUT2D eigenvalue weighted by Crippen LogP contribution is 2.35. The quantitative estimate of drug-likeness (QED) is 0.315. The van der Waals surface area contributed by atoms with Crippen molar-refractivity contribution in [3.8, 4) is 23.1 Å². The number of hydrogen-bond donors (Lipinski definition) is 2. The molecule has 0 aliphatic carbocycles. The summed E-state index contributed by atoms with van der Waals surface area (Å²) in [5.74, 6) is 0.800. The van der Waals surface area contributed by atoms with E-state index in [0.29, 0.717) is 29.8 Å². The third-order valence-electron chi connectivity index (χ3n) is 5.98. The summed E-state index contributed by atoms with van der Waals surface area (Å²) in [7, 11) is 4.86. The molecule has 0 amide bonds. The first-order chi connectivity index (χ1) is 18.6. The van der Waals surface area contributed by atoms with Crippen molar-refractivity contribution < 1.29 is 14.3 Å². The van der Waals surface area contributed by atoms with Gasteiger partial charge in [0.25, 0.3) is 0 Å². The molecule has 4 rings (SSSR count). The average molecular weight is 519 g/mol. The number of methoxy groups -OCH3 is 2. The molecule has 0 unspecified atom stereocenters. The van der Waals surface area contributed by atoms with Crippen LogP contribution >= 0.6 is 0 Å². The second-order valence-electron chi connectivity index (χ2n) is 8.46. The van der Waals surface area contributed by atoms with Gasteiger partial charge in [0, 0.05) is 42.9 Å². The number of fused-ring (bicyclic) bond motifs is 1. The number of aldehydes is 1. The second-order valence-corrected chi connectivity index (χ2v) is 8.46. The molecule has 3 N–H and O–H groups in total. The standard InChI is InChI=1S/C20H16N4O2.C8H17NO.CH5N/c1-13(10-21)11-23-20-16-9-15(17-7-8-22-19(12-25)24-17)4-3-14(16)5-6-18(20)26-2;1-10-8-7-9-5-3-2-4-6-9;1-2/h3-9,12,23H,1,11H2,2H3;2-8H2,1H3;2H2,1H3. The second kappa shape index (κ2) is 16.8. The molecular weight excluding hydrogens is 480 g/mol. The van der Waals surface area contributed by atoms with Crippen molar-refractivity contribution in [2.75, 3.05) is 59.4 Å². The Morgan fingerprint density at radius 3 is 2.58 bits per heavy atom. The number of ether oxygens (including phenoxy) is 2. The Labute approximate surface area is 225 Å². The van der Waals surface area contributed by atoms with Crippen molar-refractivity contribution >= 4 is 22.7 Å². The van der Waals surface area contributed by atoms with Gasteiger partial charge in [-0.05, 0) is 56.6 Å². The van der Waals surface area contributed by atoms with Crippen LogP contribution in [-0.2, 0) is 4.74 Å². The van der Waals surface area contributed by atoms with Crippen LogP contribution in [0.2, 0.25) is 0 Å². The highest BCUT2D eigenvalue weighted by atomic mass is 16.5. The first-order valence-electron chi connectivity index (χ1n) is 12.6. The Morgan fingerprint density at radius 2 is 1.92 bits per heavy atom. The lowest BCUT2D eigenvalue weighted by Crippen LogP contribution is -2.32. The average Bonchev–Trinajstić information content (AvgIpc) is 3.00. The summed E-state index contributed by atoms with van der Waals surface area (Å²) in [5.41, 5.74) is 7.19. The molecule has 0 spiro atoms. The number of benzene rings is 2. The molecule has 0 atom stereocenters. The van der Waals surface area contributed by atoms with E-state index in [9.17, 15) is 4.79 Å². The Bertz CT molecular complexity index is 1220. The van der Waals surface area contributed by atoms with E-state index in [-0.39, 0.29) is 5.82 Å². The van der Waals surface area contributed by atoms with E-state index in [1.165, 1.54) is 39.4 Å². The highest BCUT2D eigenvalue weighted by molar-refractivity contribution is 5.99. The predicted octanol–water partition coefficient (Wildman–Crippen LogP) is 4.30. The van der Waals surface area contributed by atoms with Gasteiger partial charge in [-0.1, -0.05) is 31.2 Å². The number of anilines is 1. The Balaban J connectivity index is 0.000000353. The van der Waals surface area contributed by atoms with Gasteiger partial charge in [0.15, 0.2) is 12.1 Å². The fourth-order valence-corrected chi connectivity index (χ4v) is 4.04. The molecular formula is C29H38N6O3. The van der Waals surface area contributed by atoms with Gasteiger partial charge in [-0.25, -0.2) is 9.97 Å². The largest absolute Gasteiger partial charge is 0.495 e. The number of piperidine rings is 1. The Hall–Kier alpha value is -3.84. The number of likely N-dealkylation sites (tertiary alicyclic amines) is 1. The number of nitrogens with zero attached hydrogens (tertiary/aromatic N) is 4. The Kier molecular flexibility index (Phi) is 13.4. The molecule has 1 aliphatic heterocycles. The van der Waals surface area contributed by atoms with Crippen LogP contribution in [0.15, 0.2) is 54.7 Å². The fraction of sp³-hybridized carbons (Fsp3) is 0.379. The van der Waals surface area contributed by atoms with Crippen molar-refractivity contribution in [1.82, 2.24) is 14.9 Å². The molecule has 1 saturated heterocycles. The van der Waals surface area contributed by atoms with Gasteiger partial charge in [0.2, 0.25) is 0 Å². The zero-order chi connectivity index (χ0) is 27.8. The Morgan fingerprint density at radius 1 is 1.18 bits per heavy atom. The van der Waals surface area contributed by atoms with Crippen molar-refractivity contribution in [3.05, 3.63) is 60.6 Å². The topological polar surface area (TPSA) is 126 Å². The molecule has 1 fully saturated rings. The van der Waals surface area contributed by atoms with Crippen LogP contribution in [0.1, 0.15) is 29.9 Å². The minimum Gasteiger partial charge on any atom is -0.495 e. The first kappa shape index (κ1) is 30.4. The van der Waals surface area contributed by atoms with Gasteiger partial charge < -0.3 is 25.4 Å². The van der Waals surface area contributed by atoms with Crippen molar-refractivity contribution in [3.63, 3.8) is 0 Å². The lowest BCUT2D eigenvalue weighted by atomic mass is 10.0. The SMILES string of the molecule is C=C(C#N)CNc1c(OC)ccc2ccc(-c3ccnc(C=O)n3)cc12.CN.COCCN1CCCCC1. The molecule has 1 aliphatic rings. The molecule has 9 heteroatoms. The minimum absolute atomic E-state index is 0.136. The molecule has 202 valence electrons. The van der Waals surface area contributed by atoms with E-state index < -0.39 is 0 Å². The van der Waals surface area contributed by atoms with E-state index >= 15 is 0 Å². The van der Waals surface area contributed by atoms with Gasteiger partial charge in [-0.3, -0.25) is 4.79 Å². The normalized spacial score (nSPS) is 12.7. The number of nitrogens with one attached hydrogen (secondary N) is 1.